The van der Waals surface area contributed by atoms with E-state index in [1.54, 1.807) is 12.1 Å². The average molecular weight is 398 g/mol. The molecule has 1 aliphatic rings. The Labute approximate surface area is 164 Å². The maximum absolute atomic E-state index is 11.6. The molecule has 1 aromatic heterocycles. The molecule has 0 amide bonds. The van der Waals surface area contributed by atoms with Crippen LogP contribution in [0.1, 0.15) is 30.9 Å². The SMILES string of the molecule is CCc1ccc(-c2noc(CN3c4ccc(S(N)(=O)=O)cc4C[C@H]3C)n2)cc1. The fourth-order valence-corrected chi connectivity index (χ4v) is 4.13. The van der Waals surface area contributed by atoms with Crippen LogP contribution in [0.15, 0.2) is 51.9 Å². The summed E-state index contributed by atoms with van der Waals surface area (Å²) in [6.45, 7) is 4.66. The van der Waals surface area contributed by atoms with Crippen LogP contribution < -0.4 is 10.0 Å². The molecule has 8 heteroatoms. The third kappa shape index (κ3) is 3.53. The van der Waals surface area contributed by atoms with E-state index in [0.29, 0.717) is 18.3 Å². The minimum absolute atomic E-state index is 0.135. The van der Waals surface area contributed by atoms with Crippen molar-refractivity contribution in [3.63, 3.8) is 0 Å². The molecule has 3 aromatic rings. The van der Waals surface area contributed by atoms with Gasteiger partial charge in [0.05, 0.1) is 11.4 Å². The molecule has 2 aromatic carbocycles. The number of aromatic nitrogens is 2. The number of aryl methyl sites for hydroxylation is 1. The smallest absolute Gasteiger partial charge is 0.246 e. The van der Waals surface area contributed by atoms with Crippen LogP contribution in [0.25, 0.3) is 11.4 Å². The van der Waals surface area contributed by atoms with Crippen LogP contribution in [0.4, 0.5) is 5.69 Å². The van der Waals surface area contributed by atoms with Gasteiger partial charge in [0.2, 0.25) is 21.7 Å². The summed E-state index contributed by atoms with van der Waals surface area (Å²) in [5.41, 5.74) is 4.09. The lowest BCUT2D eigenvalue weighted by atomic mass is 10.1. The van der Waals surface area contributed by atoms with Crippen molar-refractivity contribution in [1.29, 1.82) is 0 Å². The van der Waals surface area contributed by atoms with Gasteiger partial charge in [-0.05, 0) is 49.1 Å². The van der Waals surface area contributed by atoms with Crippen molar-refractivity contribution in [3.8, 4) is 11.4 Å². The summed E-state index contributed by atoms with van der Waals surface area (Å²) in [5.74, 6) is 1.08. The Morgan fingerprint density at radius 3 is 2.64 bits per heavy atom. The largest absolute Gasteiger partial charge is 0.359 e. The van der Waals surface area contributed by atoms with Gasteiger partial charge in [0.25, 0.3) is 0 Å². The molecule has 7 nitrogen and oxygen atoms in total. The molecule has 0 unspecified atom stereocenters. The first-order chi connectivity index (χ1) is 13.3. The number of rotatable bonds is 5. The van der Waals surface area contributed by atoms with Crippen LogP contribution in [0.3, 0.4) is 0 Å². The number of fused-ring (bicyclic) bond motifs is 1. The van der Waals surface area contributed by atoms with Crippen LogP contribution >= 0.6 is 0 Å². The quantitative estimate of drug-likeness (QED) is 0.709. The fraction of sp³-hybridized carbons (Fsp3) is 0.300. The minimum Gasteiger partial charge on any atom is -0.359 e. The molecule has 146 valence electrons. The van der Waals surface area contributed by atoms with Gasteiger partial charge in [-0.15, -0.1) is 0 Å². The molecule has 28 heavy (non-hydrogen) atoms. The van der Waals surface area contributed by atoms with Gasteiger partial charge in [-0.1, -0.05) is 36.3 Å². The first-order valence-corrected chi connectivity index (χ1v) is 10.7. The summed E-state index contributed by atoms with van der Waals surface area (Å²) in [4.78, 5) is 6.80. The molecule has 0 spiro atoms. The number of hydrogen-bond donors (Lipinski definition) is 1. The topological polar surface area (TPSA) is 102 Å². The molecule has 4 rings (SSSR count). The Kier molecular flexibility index (Phi) is 4.68. The number of nitrogens with zero attached hydrogens (tertiary/aromatic N) is 3. The lowest BCUT2D eigenvalue weighted by molar-refractivity contribution is 0.374. The summed E-state index contributed by atoms with van der Waals surface area (Å²) >= 11 is 0. The van der Waals surface area contributed by atoms with Crippen LogP contribution in [-0.4, -0.2) is 24.6 Å². The zero-order valence-corrected chi connectivity index (χ0v) is 16.6. The maximum Gasteiger partial charge on any atom is 0.246 e. The van der Waals surface area contributed by atoms with Gasteiger partial charge in [0.1, 0.15) is 0 Å². The average Bonchev–Trinajstić information content (AvgIpc) is 3.26. The molecule has 2 N–H and O–H groups in total. The molecular weight excluding hydrogens is 376 g/mol. The van der Waals surface area contributed by atoms with E-state index in [1.165, 1.54) is 11.6 Å². The van der Waals surface area contributed by atoms with E-state index in [9.17, 15) is 8.42 Å². The van der Waals surface area contributed by atoms with Gasteiger partial charge in [0, 0.05) is 17.3 Å². The molecule has 2 heterocycles. The fourth-order valence-electron chi connectivity index (χ4n) is 3.56. The van der Waals surface area contributed by atoms with Gasteiger partial charge in [0.15, 0.2) is 0 Å². The van der Waals surface area contributed by atoms with Crippen molar-refractivity contribution in [3.05, 3.63) is 59.5 Å². The van der Waals surface area contributed by atoms with Gasteiger partial charge >= 0.3 is 0 Å². The van der Waals surface area contributed by atoms with Crippen molar-refractivity contribution in [2.24, 2.45) is 5.14 Å². The first kappa shape index (κ1) is 18.6. The van der Waals surface area contributed by atoms with Crippen molar-refractivity contribution < 1.29 is 12.9 Å². The number of nitrogens with two attached hydrogens (primary N) is 1. The van der Waals surface area contributed by atoms with Crippen LogP contribution in [0.5, 0.6) is 0 Å². The van der Waals surface area contributed by atoms with Crippen molar-refractivity contribution in [2.45, 2.75) is 44.2 Å². The predicted molar refractivity (Wildman–Crippen MR) is 106 cm³/mol. The third-order valence-electron chi connectivity index (χ3n) is 5.13. The monoisotopic (exact) mass is 398 g/mol. The summed E-state index contributed by atoms with van der Waals surface area (Å²) < 4.78 is 28.7. The highest BCUT2D eigenvalue weighted by atomic mass is 32.2. The Hall–Kier alpha value is -2.71. The van der Waals surface area contributed by atoms with E-state index in [0.717, 1.165) is 29.7 Å². The highest BCUT2D eigenvalue weighted by molar-refractivity contribution is 7.89. The second-order valence-electron chi connectivity index (χ2n) is 7.08. The van der Waals surface area contributed by atoms with Gasteiger partial charge in [-0.3, -0.25) is 0 Å². The lowest BCUT2D eigenvalue weighted by Gasteiger charge is -2.22. The lowest BCUT2D eigenvalue weighted by Crippen LogP contribution is -2.28. The van der Waals surface area contributed by atoms with Crippen LogP contribution in [0, 0.1) is 0 Å². The predicted octanol–water partition coefficient (Wildman–Crippen LogP) is 2.90. The molecule has 0 radical (unpaired) electrons. The first-order valence-electron chi connectivity index (χ1n) is 9.19. The van der Waals surface area contributed by atoms with Crippen molar-refractivity contribution >= 4 is 15.7 Å². The Balaban J connectivity index is 1.56. The maximum atomic E-state index is 11.6. The zero-order chi connectivity index (χ0) is 19.9. The molecule has 0 saturated carbocycles. The van der Waals surface area contributed by atoms with E-state index in [1.807, 2.05) is 12.1 Å². The van der Waals surface area contributed by atoms with E-state index >= 15 is 0 Å². The molecule has 0 bridgehead atoms. The standard InChI is InChI=1S/C20H22N4O3S/c1-3-14-4-6-15(7-5-14)20-22-19(27-23-20)12-24-13(2)10-16-11-17(28(21,25)26)8-9-18(16)24/h4-9,11,13H,3,10,12H2,1-2H3,(H2,21,25,26)/t13-/m1/s1. The highest BCUT2D eigenvalue weighted by Gasteiger charge is 2.28. The number of sulfonamides is 1. The van der Waals surface area contributed by atoms with Crippen LogP contribution in [0.2, 0.25) is 0 Å². The van der Waals surface area contributed by atoms with Gasteiger partial charge < -0.3 is 9.42 Å². The van der Waals surface area contributed by atoms with Gasteiger partial charge in [-0.2, -0.15) is 4.98 Å². The van der Waals surface area contributed by atoms with E-state index in [4.69, 9.17) is 9.66 Å². The minimum atomic E-state index is -3.71. The summed E-state index contributed by atoms with van der Waals surface area (Å²) in [6, 6.07) is 13.3. The number of hydrogen-bond acceptors (Lipinski definition) is 6. The number of benzene rings is 2. The zero-order valence-electron chi connectivity index (χ0n) is 15.8. The Morgan fingerprint density at radius 1 is 1.21 bits per heavy atom. The third-order valence-corrected chi connectivity index (χ3v) is 6.04. The van der Waals surface area contributed by atoms with Crippen molar-refractivity contribution in [2.75, 3.05) is 4.90 Å². The normalized spacial score (nSPS) is 16.4. The Morgan fingerprint density at radius 2 is 1.96 bits per heavy atom. The van der Waals surface area contributed by atoms with Crippen LogP contribution in [-0.2, 0) is 29.4 Å². The molecule has 0 aliphatic carbocycles. The molecule has 1 aliphatic heterocycles. The molecule has 0 saturated heterocycles. The van der Waals surface area contributed by atoms with Crippen molar-refractivity contribution in [1.82, 2.24) is 10.1 Å². The summed E-state index contributed by atoms with van der Waals surface area (Å²) in [6.07, 6.45) is 1.72. The summed E-state index contributed by atoms with van der Waals surface area (Å²) in [7, 11) is -3.71. The Bertz CT molecular complexity index is 1110. The van der Waals surface area contributed by atoms with E-state index < -0.39 is 10.0 Å². The second kappa shape index (κ2) is 7.03. The number of anilines is 1. The number of primary sulfonamides is 1. The van der Waals surface area contributed by atoms with E-state index in [2.05, 4.69) is 41.0 Å². The molecule has 1 atom stereocenters. The molecule has 0 fully saturated rings. The van der Waals surface area contributed by atoms with E-state index in [-0.39, 0.29) is 10.9 Å². The summed E-state index contributed by atoms with van der Waals surface area (Å²) in [5, 5.41) is 9.35. The second-order valence-corrected chi connectivity index (χ2v) is 8.64. The van der Waals surface area contributed by atoms with Gasteiger partial charge in [-0.25, -0.2) is 13.6 Å². The molecular formula is C20H22N4O3S. The highest BCUT2D eigenvalue weighted by Crippen LogP contribution is 2.34.